The zero-order valence-electron chi connectivity index (χ0n) is 31.5. The number of para-hydroxylation sites is 1. The number of ether oxygens (including phenoxy) is 2. The van der Waals surface area contributed by atoms with Crippen LogP contribution in [0.25, 0.3) is 44.6 Å². The summed E-state index contributed by atoms with van der Waals surface area (Å²) >= 11 is 0. The minimum absolute atomic E-state index is 0.0319. The number of alkyl halides is 3. The second-order valence-electron chi connectivity index (χ2n) is 13.8. The highest BCUT2D eigenvalue weighted by atomic mass is 19.4. The first-order valence-electron chi connectivity index (χ1n) is 18.7. The lowest BCUT2D eigenvalue weighted by Gasteiger charge is -2.34. The van der Waals surface area contributed by atoms with Crippen LogP contribution in [-0.4, -0.2) is 81.9 Å². The van der Waals surface area contributed by atoms with Crippen molar-refractivity contribution in [3.63, 3.8) is 0 Å². The van der Waals surface area contributed by atoms with E-state index in [4.69, 9.17) is 20.9 Å². The third-order valence-corrected chi connectivity index (χ3v) is 9.83. The molecule has 4 heterocycles. The molecule has 11 nitrogen and oxygen atoms in total. The van der Waals surface area contributed by atoms with Crippen LogP contribution in [0, 0.1) is 11.6 Å². The molecule has 2 aliphatic heterocycles. The number of nitrogens with two attached hydrogens (primary N) is 2. The maximum Gasteiger partial charge on any atom is 0.416 e. The van der Waals surface area contributed by atoms with Gasteiger partial charge in [0.25, 0.3) is 5.91 Å². The van der Waals surface area contributed by atoms with Crippen molar-refractivity contribution >= 4 is 17.7 Å². The molecule has 0 spiro atoms. The van der Waals surface area contributed by atoms with Crippen molar-refractivity contribution in [2.45, 2.75) is 31.2 Å². The fraction of sp³-hybridized carbons (Fsp3) is 0.233. The summed E-state index contributed by atoms with van der Waals surface area (Å²) in [6.45, 7) is 1.13. The van der Waals surface area contributed by atoms with Crippen LogP contribution in [0.3, 0.4) is 0 Å². The Labute approximate surface area is 336 Å². The number of carbonyl (C=O) groups excluding carboxylic acids is 1. The van der Waals surface area contributed by atoms with E-state index < -0.39 is 30.5 Å². The third kappa shape index (κ3) is 9.79. The number of carbonyl (C=O) groups is 1. The topological polar surface area (TPSA) is 154 Å². The Morgan fingerprint density at radius 2 is 1.39 bits per heavy atom. The quantitative estimate of drug-likeness (QED) is 0.137. The molecule has 0 saturated carbocycles. The van der Waals surface area contributed by atoms with E-state index in [1.165, 1.54) is 49.1 Å². The molecule has 0 bridgehead atoms. The smallest absolute Gasteiger partial charge is 0.416 e. The fourth-order valence-corrected chi connectivity index (χ4v) is 6.79. The van der Waals surface area contributed by atoms with Crippen LogP contribution in [-0.2, 0) is 4.74 Å². The third-order valence-electron chi connectivity index (χ3n) is 9.83. The monoisotopic (exact) mass is 810 g/mol. The van der Waals surface area contributed by atoms with Gasteiger partial charge in [-0.25, -0.2) is 23.7 Å². The highest BCUT2D eigenvalue weighted by Crippen LogP contribution is 2.35. The minimum atomic E-state index is -4.57. The van der Waals surface area contributed by atoms with E-state index in [9.17, 15) is 26.7 Å². The molecule has 2 saturated heterocycles. The first-order chi connectivity index (χ1) is 28.4. The zero-order chi connectivity index (χ0) is 41.5. The minimum Gasteiger partial charge on any atom is -0.490 e. The number of piperidine rings is 1. The number of benzene rings is 4. The lowest BCUT2D eigenvalue weighted by atomic mass is 9.96. The number of amides is 1. The van der Waals surface area contributed by atoms with Gasteiger partial charge in [-0.05, 0) is 73.0 Å². The largest absolute Gasteiger partial charge is 0.490 e. The summed E-state index contributed by atoms with van der Waals surface area (Å²) < 4.78 is 79.8. The van der Waals surface area contributed by atoms with Gasteiger partial charge in [-0.3, -0.25) is 9.78 Å². The van der Waals surface area contributed by atoms with Crippen molar-refractivity contribution in [3.8, 4) is 50.4 Å². The predicted molar refractivity (Wildman–Crippen MR) is 213 cm³/mol. The fourth-order valence-electron chi connectivity index (χ4n) is 6.79. The van der Waals surface area contributed by atoms with Crippen molar-refractivity contribution in [2.24, 2.45) is 0 Å². The maximum atomic E-state index is 14.9. The molecule has 2 aliphatic rings. The molecule has 6 aromatic rings. The van der Waals surface area contributed by atoms with Crippen LogP contribution in [0.4, 0.5) is 33.7 Å². The van der Waals surface area contributed by atoms with E-state index in [0.717, 1.165) is 47.7 Å². The van der Waals surface area contributed by atoms with Crippen LogP contribution in [0.1, 0.15) is 23.2 Å². The van der Waals surface area contributed by atoms with Gasteiger partial charge in [0.1, 0.15) is 29.3 Å². The van der Waals surface area contributed by atoms with Gasteiger partial charge in [0, 0.05) is 46.8 Å². The molecule has 8 rings (SSSR count). The first kappa shape index (κ1) is 40.7. The summed E-state index contributed by atoms with van der Waals surface area (Å²) in [6, 6.07) is 23.7. The molecule has 16 heteroatoms. The highest BCUT2D eigenvalue weighted by Gasteiger charge is 2.44. The number of morpholine rings is 1. The van der Waals surface area contributed by atoms with Crippen molar-refractivity contribution < 1.29 is 36.2 Å². The van der Waals surface area contributed by atoms with Gasteiger partial charge in [-0.1, -0.05) is 54.6 Å². The van der Waals surface area contributed by atoms with Crippen LogP contribution in [0.2, 0.25) is 0 Å². The Bertz CT molecular complexity index is 2390. The van der Waals surface area contributed by atoms with Crippen molar-refractivity contribution in [1.29, 1.82) is 0 Å². The summed E-state index contributed by atoms with van der Waals surface area (Å²) in [5.41, 5.74) is 15.2. The lowest BCUT2D eigenvalue weighted by molar-refractivity contribution is -0.233. The molecule has 59 heavy (non-hydrogen) atoms. The molecule has 0 aliphatic carbocycles. The Balaban J connectivity index is 0.000000181. The van der Waals surface area contributed by atoms with Gasteiger partial charge in [0.15, 0.2) is 6.10 Å². The molecule has 5 N–H and O–H groups in total. The predicted octanol–water partition coefficient (Wildman–Crippen LogP) is 7.60. The normalized spacial score (nSPS) is 15.9. The molecule has 2 aromatic heterocycles. The van der Waals surface area contributed by atoms with Crippen molar-refractivity contribution in [3.05, 3.63) is 127 Å². The molecule has 304 valence electrons. The van der Waals surface area contributed by atoms with Crippen molar-refractivity contribution in [2.75, 3.05) is 44.3 Å². The summed E-state index contributed by atoms with van der Waals surface area (Å²) in [5, 5.41) is 3.33. The van der Waals surface area contributed by atoms with Gasteiger partial charge in [-0.2, -0.15) is 13.2 Å². The van der Waals surface area contributed by atoms with Crippen LogP contribution >= 0.6 is 0 Å². The van der Waals surface area contributed by atoms with Crippen LogP contribution in [0.5, 0.6) is 5.75 Å². The Hall–Kier alpha value is -6.52. The van der Waals surface area contributed by atoms with E-state index >= 15 is 0 Å². The Kier molecular flexibility index (Phi) is 12.4. The molecule has 4 aromatic carbocycles. The number of nitrogen functional groups attached to an aromatic ring is 2. The molecule has 2 fully saturated rings. The number of aromatic nitrogens is 4. The Morgan fingerprint density at radius 3 is 2.05 bits per heavy atom. The number of rotatable bonds is 7. The van der Waals surface area contributed by atoms with Gasteiger partial charge in [-0.15, -0.1) is 0 Å². The van der Waals surface area contributed by atoms with Crippen LogP contribution in [0.15, 0.2) is 110 Å². The summed E-state index contributed by atoms with van der Waals surface area (Å²) in [6.07, 6.45) is 1.21. The lowest BCUT2D eigenvalue weighted by Crippen LogP contribution is -2.51. The second-order valence-corrected chi connectivity index (χ2v) is 13.8. The van der Waals surface area contributed by atoms with E-state index in [1.54, 1.807) is 30.3 Å². The highest BCUT2D eigenvalue weighted by molar-refractivity contribution is 6.01. The van der Waals surface area contributed by atoms with Crippen LogP contribution < -0.4 is 21.5 Å². The molecule has 0 radical (unpaired) electrons. The number of nitrogens with one attached hydrogen (secondary N) is 1. The SMILES string of the molecule is Nc1cnc(-c2ccc(-c3ccccc3OC3CCNCC3)cc2F)cn1.Nc1ncc(-c2ccc(-c3ccccc3C(=O)N3CCOC(C(F)(F)F)C3)cc2F)cn1. The van der Waals surface area contributed by atoms with Gasteiger partial charge < -0.3 is 31.2 Å². The van der Waals surface area contributed by atoms with Gasteiger partial charge in [0.2, 0.25) is 5.95 Å². The number of halogens is 5. The summed E-state index contributed by atoms with van der Waals surface area (Å²) in [7, 11) is 0. The standard InChI is InChI=1S/C22H18F4N4O2.C21H21FN4O/c23-18-9-13(5-6-16(18)14-10-28-21(27)29-11-14)15-3-1-2-4-17(15)20(31)30-7-8-32-19(12-30)22(24,25)26;22-18-11-14(5-6-17(18)19-12-26-21(23)13-25-19)16-3-1-2-4-20(16)27-15-7-9-24-10-8-15/h1-6,9-11,19H,7-8,12H2,(H2,27,28,29);1-6,11-13,15,24H,7-10H2,(H2,23,26). The second kappa shape index (κ2) is 18.0. The van der Waals surface area contributed by atoms with E-state index in [0.29, 0.717) is 33.8 Å². The number of anilines is 2. The molecular formula is C43H39F5N8O3. The number of nitrogens with zero attached hydrogens (tertiary/aromatic N) is 5. The maximum absolute atomic E-state index is 14.9. The van der Waals surface area contributed by atoms with Gasteiger partial charge in [0.05, 0.1) is 31.2 Å². The molecule has 1 atom stereocenters. The molecule has 1 unspecified atom stereocenters. The average molecular weight is 811 g/mol. The van der Waals surface area contributed by atoms with Gasteiger partial charge >= 0.3 is 6.18 Å². The first-order valence-corrected chi connectivity index (χ1v) is 18.7. The van der Waals surface area contributed by atoms with E-state index in [2.05, 4.69) is 25.3 Å². The average Bonchev–Trinajstić information content (AvgIpc) is 3.25. The Morgan fingerprint density at radius 1 is 0.746 bits per heavy atom. The van der Waals surface area contributed by atoms with E-state index in [1.807, 2.05) is 30.3 Å². The van der Waals surface area contributed by atoms with Crippen molar-refractivity contribution in [1.82, 2.24) is 30.2 Å². The molecular weight excluding hydrogens is 772 g/mol. The molecule has 1 amide bonds. The number of hydrogen-bond donors (Lipinski definition) is 3. The summed E-state index contributed by atoms with van der Waals surface area (Å²) in [5.74, 6) is -0.350. The summed E-state index contributed by atoms with van der Waals surface area (Å²) in [4.78, 5) is 30.0. The number of hydrogen-bond acceptors (Lipinski definition) is 10. The van der Waals surface area contributed by atoms with E-state index in [-0.39, 0.29) is 42.1 Å². The zero-order valence-corrected chi connectivity index (χ0v) is 31.5.